The van der Waals surface area contributed by atoms with E-state index >= 15 is 0 Å². The number of likely N-dealkylation sites (N-methyl/N-ethyl adjacent to an activating group) is 1. The Hall–Kier alpha value is -2.33. The number of ether oxygens (including phenoxy) is 1. The van der Waals surface area contributed by atoms with Gasteiger partial charge in [0.1, 0.15) is 5.75 Å². The number of nitrogens with one attached hydrogen (secondary N) is 1. The highest BCUT2D eigenvalue weighted by Gasteiger charge is 2.15. The quantitative estimate of drug-likeness (QED) is 0.891. The minimum Gasteiger partial charge on any atom is -0.496 e. The molecule has 2 rings (SSSR count). The molecular weight excluding hydrogens is 288 g/mol. The van der Waals surface area contributed by atoms with Crippen molar-refractivity contribution in [1.29, 1.82) is 0 Å². The smallest absolute Gasteiger partial charge is 0.251 e. The number of carbonyl (C=O) groups excluding carboxylic acids is 1. The maximum atomic E-state index is 12.6. The van der Waals surface area contributed by atoms with Gasteiger partial charge in [-0.25, -0.2) is 0 Å². The van der Waals surface area contributed by atoms with Crippen LogP contribution < -0.4 is 10.1 Å². The molecule has 0 aliphatic carbocycles. The maximum Gasteiger partial charge on any atom is 0.251 e. The van der Waals surface area contributed by atoms with Crippen LogP contribution in [0.1, 0.15) is 17.3 Å². The molecule has 0 saturated heterocycles. The summed E-state index contributed by atoms with van der Waals surface area (Å²) in [5.74, 6) is 0.689. The first-order valence-electron chi connectivity index (χ1n) is 7.71. The molecule has 1 N–H and O–H groups in total. The molecule has 0 bridgehead atoms. The molecule has 0 aliphatic heterocycles. The Labute approximate surface area is 138 Å². The lowest BCUT2D eigenvalue weighted by Crippen LogP contribution is -2.38. The third-order valence-corrected chi connectivity index (χ3v) is 4.01. The number of hydrogen-bond donors (Lipinski definition) is 1. The van der Waals surface area contributed by atoms with Crippen molar-refractivity contribution in [3.63, 3.8) is 0 Å². The lowest BCUT2D eigenvalue weighted by Gasteiger charge is -2.20. The fourth-order valence-electron chi connectivity index (χ4n) is 2.30. The molecule has 0 spiro atoms. The zero-order valence-electron chi connectivity index (χ0n) is 14.2. The van der Waals surface area contributed by atoms with Crippen LogP contribution in [-0.4, -0.2) is 44.6 Å². The second kappa shape index (κ2) is 7.79. The van der Waals surface area contributed by atoms with E-state index in [4.69, 9.17) is 4.74 Å². The van der Waals surface area contributed by atoms with Gasteiger partial charge in [-0.1, -0.05) is 36.4 Å². The monoisotopic (exact) mass is 312 g/mol. The summed E-state index contributed by atoms with van der Waals surface area (Å²) < 4.78 is 5.43. The molecule has 0 radical (unpaired) electrons. The molecule has 4 nitrogen and oxygen atoms in total. The number of carbonyl (C=O) groups is 1. The van der Waals surface area contributed by atoms with E-state index in [2.05, 4.69) is 17.1 Å². The number of methoxy groups -OCH3 is 1. The Morgan fingerprint density at radius 3 is 2.35 bits per heavy atom. The molecule has 0 aromatic heterocycles. The van der Waals surface area contributed by atoms with Crippen molar-refractivity contribution in [2.75, 3.05) is 27.7 Å². The van der Waals surface area contributed by atoms with Crippen LogP contribution in [0.25, 0.3) is 11.1 Å². The Kier molecular flexibility index (Phi) is 5.77. The van der Waals surface area contributed by atoms with Gasteiger partial charge in [0, 0.05) is 23.7 Å². The second-order valence-corrected chi connectivity index (χ2v) is 5.77. The minimum absolute atomic E-state index is 0.0693. The van der Waals surface area contributed by atoms with Crippen LogP contribution >= 0.6 is 0 Å². The van der Waals surface area contributed by atoms with Gasteiger partial charge in [-0.3, -0.25) is 4.79 Å². The summed E-state index contributed by atoms with van der Waals surface area (Å²) in [4.78, 5) is 14.7. The van der Waals surface area contributed by atoms with Gasteiger partial charge in [0.15, 0.2) is 0 Å². The summed E-state index contributed by atoms with van der Waals surface area (Å²) in [6.07, 6.45) is 0. The van der Waals surface area contributed by atoms with Crippen molar-refractivity contribution in [2.24, 2.45) is 0 Å². The van der Waals surface area contributed by atoms with E-state index < -0.39 is 0 Å². The molecule has 0 aliphatic rings. The predicted octanol–water partition coefficient (Wildman–Crippen LogP) is 3.04. The number of amides is 1. The molecular formula is C19H24N2O2. The molecule has 2 aromatic rings. The molecule has 122 valence electrons. The first-order chi connectivity index (χ1) is 11.0. The second-order valence-electron chi connectivity index (χ2n) is 5.77. The minimum atomic E-state index is -0.0693. The van der Waals surface area contributed by atoms with Crippen molar-refractivity contribution >= 4 is 5.91 Å². The number of para-hydroxylation sites is 1. The van der Waals surface area contributed by atoms with E-state index in [9.17, 15) is 4.79 Å². The Morgan fingerprint density at radius 1 is 1.09 bits per heavy atom. The van der Waals surface area contributed by atoms with Crippen LogP contribution in [0, 0.1) is 0 Å². The van der Waals surface area contributed by atoms with Crippen LogP contribution in [0.2, 0.25) is 0 Å². The standard InChI is InChI=1S/C19H24N2O2/c1-14(21(2)3)13-20-19(22)17-11-6-5-9-15(17)16-10-7-8-12-18(16)23-4/h5-12,14H,13H2,1-4H3,(H,20,22)/t14-/m1/s1. The lowest BCUT2D eigenvalue weighted by molar-refractivity contribution is 0.0944. The highest BCUT2D eigenvalue weighted by atomic mass is 16.5. The van der Waals surface area contributed by atoms with E-state index in [1.807, 2.05) is 62.6 Å². The average molecular weight is 312 g/mol. The van der Waals surface area contributed by atoms with Gasteiger partial charge in [0.2, 0.25) is 0 Å². The van der Waals surface area contributed by atoms with Crippen LogP contribution in [0.3, 0.4) is 0 Å². The van der Waals surface area contributed by atoms with Crippen molar-refractivity contribution in [3.8, 4) is 16.9 Å². The molecule has 4 heteroatoms. The van der Waals surface area contributed by atoms with Gasteiger partial charge in [0.25, 0.3) is 5.91 Å². The number of nitrogens with zero attached hydrogens (tertiary/aromatic N) is 1. The van der Waals surface area contributed by atoms with Gasteiger partial charge in [-0.15, -0.1) is 0 Å². The Morgan fingerprint density at radius 2 is 1.70 bits per heavy atom. The van der Waals surface area contributed by atoms with E-state index in [1.165, 1.54) is 0 Å². The lowest BCUT2D eigenvalue weighted by atomic mass is 9.98. The predicted molar refractivity (Wildman–Crippen MR) is 93.9 cm³/mol. The zero-order valence-corrected chi connectivity index (χ0v) is 14.2. The fraction of sp³-hybridized carbons (Fsp3) is 0.316. The summed E-state index contributed by atoms with van der Waals surface area (Å²) in [7, 11) is 5.64. The van der Waals surface area contributed by atoms with Crippen molar-refractivity contribution in [3.05, 3.63) is 54.1 Å². The van der Waals surface area contributed by atoms with Crippen LogP contribution in [0.5, 0.6) is 5.75 Å². The molecule has 0 heterocycles. The summed E-state index contributed by atoms with van der Waals surface area (Å²) >= 11 is 0. The third-order valence-electron chi connectivity index (χ3n) is 4.01. The van der Waals surface area contributed by atoms with Gasteiger partial charge < -0.3 is 15.0 Å². The van der Waals surface area contributed by atoms with E-state index in [0.29, 0.717) is 12.1 Å². The summed E-state index contributed by atoms with van der Waals surface area (Å²) in [6, 6.07) is 15.6. The maximum absolute atomic E-state index is 12.6. The average Bonchev–Trinajstić information content (AvgIpc) is 2.59. The summed E-state index contributed by atoms with van der Waals surface area (Å²) in [6.45, 7) is 2.68. The SMILES string of the molecule is COc1ccccc1-c1ccccc1C(=O)NC[C@@H](C)N(C)C. The first-order valence-corrected chi connectivity index (χ1v) is 7.71. The van der Waals surface area contributed by atoms with Crippen molar-refractivity contribution in [2.45, 2.75) is 13.0 Å². The van der Waals surface area contributed by atoms with Crippen LogP contribution in [0.15, 0.2) is 48.5 Å². The molecule has 1 amide bonds. The Balaban J connectivity index is 2.29. The number of rotatable bonds is 6. The molecule has 1 atom stereocenters. The van der Waals surface area contributed by atoms with Gasteiger partial charge in [-0.2, -0.15) is 0 Å². The van der Waals surface area contributed by atoms with Crippen molar-refractivity contribution < 1.29 is 9.53 Å². The highest BCUT2D eigenvalue weighted by molar-refractivity contribution is 6.01. The fourth-order valence-corrected chi connectivity index (χ4v) is 2.30. The number of hydrogen-bond acceptors (Lipinski definition) is 3. The normalized spacial score (nSPS) is 12.0. The zero-order chi connectivity index (χ0) is 16.8. The summed E-state index contributed by atoms with van der Waals surface area (Å²) in [5.41, 5.74) is 2.45. The van der Waals surface area contributed by atoms with Crippen LogP contribution in [0.4, 0.5) is 0 Å². The first kappa shape index (κ1) is 17.0. The number of benzene rings is 2. The van der Waals surface area contributed by atoms with E-state index in [-0.39, 0.29) is 11.9 Å². The topological polar surface area (TPSA) is 41.6 Å². The molecule has 2 aromatic carbocycles. The van der Waals surface area contributed by atoms with Crippen LogP contribution in [-0.2, 0) is 0 Å². The molecule has 0 saturated carbocycles. The molecule has 0 unspecified atom stereocenters. The molecule has 23 heavy (non-hydrogen) atoms. The van der Waals surface area contributed by atoms with E-state index in [0.717, 1.165) is 16.9 Å². The largest absolute Gasteiger partial charge is 0.496 e. The Bertz CT molecular complexity index is 668. The van der Waals surface area contributed by atoms with Gasteiger partial charge in [-0.05, 0) is 38.7 Å². The van der Waals surface area contributed by atoms with Gasteiger partial charge >= 0.3 is 0 Å². The highest BCUT2D eigenvalue weighted by Crippen LogP contribution is 2.31. The summed E-state index contributed by atoms with van der Waals surface area (Å²) in [5, 5.41) is 3.01. The molecule has 0 fully saturated rings. The van der Waals surface area contributed by atoms with Gasteiger partial charge in [0.05, 0.1) is 7.11 Å². The van der Waals surface area contributed by atoms with Crippen molar-refractivity contribution in [1.82, 2.24) is 10.2 Å². The third kappa shape index (κ3) is 4.11. The van der Waals surface area contributed by atoms with E-state index in [1.54, 1.807) is 7.11 Å².